The molecule has 24 heavy (non-hydrogen) atoms. The van der Waals surface area contributed by atoms with Gasteiger partial charge in [-0.25, -0.2) is 0 Å². The summed E-state index contributed by atoms with van der Waals surface area (Å²) in [5.41, 5.74) is 1.08. The molecule has 1 aliphatic heterocycles. The van der Waals surface area contributed by atoms with Gasteiger partial charge in [-0.05, 0) is 24.6 Å². The van der Waals surface area contributed by atoms with Gasteiger partial charge in [0, 0.05) is 36.3 Å². The third kappa shape index (κ3) is 3.67. The lowest BCUT2D eigenvalue weighted by atomic mass is 10.0. The van der Waals surface area contributed by atoms with Gasteiger partial charge in [-0.1, -0.05) is 30.3 Å². The molecule has 0 saturated carbocycles. The fraction of sp³-hybridized carbons (Fsp3) is 0.368. The number of nitrogens with zero attached hydrogens (tertiary/aromatic N) is 2. The zero-order valence-corrected chi connectivity index (χ0v) is 14.9. The largest absolute Gasteiger partial charge is 0.338 e. The van der Waals surface area contributed by atoms with E-state index >= 15 is 0 Å². The van der Waals surface area contributed by atoms with Crippen LogP contribution in [-0.4, -0.2) is 41.2 Å². The molecule has 1 fully saturated rings. The highest BCUT2D eigenvalue weighted by atomic mass is 32.1. The van der Waals surface area contributed by atoms with Crippen LogP contribution in [0.15, 0.2) is 42.5 Å². The van der Waals surface area contributed by atoms with Crippen LogP contribution in [0.1, 0.15) is 28.3 Å². The molecular formula is C19H22N2O2S. The van der Waals surface area contributed by atoms with Crippen LogP contribution in [0.25, 0.3) is 0 Å². The number of amides is 2. The van der Waals surface area contributed by atoms with Crippen LogP contribution in [0.2, 0.25) is 0 Å². The molecule has 0 radical (unpaired) electrons. The summed E-state index contributed by atoms with van der Waals surface area (Å²) < 4.78 is 0. The Balaban J connectivity index is 1.75. The van der Waals surface area contributed by atoms with Gasteiger partial charge in [0.05, 0.1) is 12.5 Å². The van der Waals surface area contributed by atoms with Gasteiger partial charge >= 0.3 is 0 Å². The molecule has 0 N–H and O–H groups in total. The van der Waals surface area contributed by atoms with E-state index in [1.165, 1.54) is 4.88 Å². The van der Waals surface area contributed by atoms with Gasteiger partial charge in [-0.2, -0.15) is 0 Å². The van der Waals surface area contributed by atoms with Crippen LogP contribution in [0.5, 0.6) is 0 Å². The van der Waals surface area contributed by atoms with E-state index in [1.54, 1.807) is 18.3 Å². The zero-order chi connectivity index (χ0) is 17.1. The Morgan fingerprint density at radius 3 is 2.50 bits per heavy atom. The molecule has 126 valence electrons. The summed E-state index contributed by atoms with van der Waals surface area (Å²) in [4.78, 5) is 30.7. The van der Waals surface area contributed by atoms with Crippen LogP contribution in [0, 0.1) is 6.92 Å². The number of hydrogen-bond donors (Lipinski definition) is 0. The predicted octanol–water partition coefficient (Wildman–Crippen LogP) is 3.03. The van der Waals surface area contributed by atoms with Crippen molar-refractivity contribution in [2.45, 2.75) is 26.3 Å². The Kier molecular flexibility index (Phi) is 5.00. The number of thiophene rings is 1. The molecule has 1 aliphatic rings. The Bertz CT molecular complexity index is 726. The molecule has 2 heterocycles. The first-order valence-corrected chi connectivity index (χ1v) is 9.01. The highest BCUT2D eigenvalue weighted by Crippen LogP contribution is 2.26. The lowest BCUT2D eigenvalue weighted by Gasteiger charge is -2.41. The third-order valence-corrected chi connectivity index (χ3v) is 5.44. The Labute approximate surface area is 146 Å². The Morgan fingerprint density at radius 1 is 1.12 bits per heavy atom. The lowest BCUT2D eigenvalue weighted by molar-refractivity contribution is -0.141. The SMILES string of the molecule is CC(=O)N1CCN(C(=O)Cc2ccc(C)s2)CC1c1ccccc1. The van der Waals surface area contributed by atoms with Crippen LogP contribution in [-0.2, 0) is 16.0 Å². The summed E-state index contributed by atoms with van der Waals surface area (Å²) in [5.74, 6) is 0.200. The highest BCUT2D eigenvalue weighted by molar-refractivity contribution is 7.12. The molecule has 1 saturated heterocycles. The van der Waals surface area contributed by atoms with Crippen molar-refractivity contribution in [1.82, 2.24) is 9.80 Å². The molecule has 0 bridgehead atoms. The van der Waals surface area contributed by atoms with E-state index in [2.05, 4.69) is 6.92 Å². The summed E-state index contributed by atoms with van der Waals surface area (Å²) in [5, 5.41) is 0. The number of piperazine rings is 1. The standard InChI is InChI=1S/C19H22N2O2S/c1-14-8-9-17(24-14)12-19(23)20-10-11-21(15(2)22)18(13-20)16-6-4-3-5-7-16/h3-9,18H,10-13H2,1-2H3. The number of aryl methyl sites for hydroxylation is 1. The molecule has 0 aliphatic carbocycles. The second-order valence-corrected chi connectivity index (χ2v) is 7.54. The number of hydrogen-bond acceptors (Lipinski definition) is 3. The van der Waals surface area contributed by atoms with Gasteiger partial charge < -0.3 is 9.80 Å². The minimum atomic E-state index is -0.0635. The molecule has 1 aromatic carbocycles. The van der Waals surface area contributed by atoms with Crippen LogP contribution >= 0.6 is 11.3 Å². The monoisotopic (exact) mass is 342 g/mol. The molecule has 3 rings (SSSR count). The molecule has 1 atom stereocenters. The first kappa shape index (κ1) is 16.7. The molecule has 4 nitrogen and oxygen atoms in total. The molecule has 1 aromatic heterocycles. The smallest absolute Gasteiger partial charge is 0.227 e. The normalized spacial score (nSPS) is 17.8. The van der Waals surface area contributed by atoms with Crippen molar-refractivity contribution in [2.24, 2.45) is 0 Å². The first-order valence-electron chi connectivity index (χ1n) is 8.20. The summed E-state index contributed by atoms with van der Waals surface area (Å²) in [6, 6.07) is 14.0. The van der Waals surface area contributed by atoms with Crippen LogP contribution < -0.4 is 0 Å². The maximum absolute atomic E-state index is 12.7. The minimum absolute atomic E-state index is 0.0600. The average Bonchev–Trinajstić information content (AvgIpc) is 3.00. The van der Waals surface area contributed by atoms with E-state index in [9.17, 15) is 9.59 Å². The Morgan fingerprint density at radius 2 is 1.88 bits per heavy atom. The summed E-state index contributed by atoms with van der Waals surface area (Å²) in [6.07, 6.45) is 0.445. The Hall–Kier alpha value is -2.14. The number of rotatable bonds is 3. The van der Waals surface area contributed by atoms with Gasteiger partial charge in [-0.3, -0.25) is 9.59 Å². The first-order chi connectivity index (χ1) is 11.5. The van der Waals surface area contributed by atoms with Gasteiger partial charge in [0.25, 0.3) is 0 Å². The second-order valence-electron chi connectivity index (χ2n) is 6.17. The zero-order valence-electron chi connectivity index (χ0n) is 14.1. The number of benzene rings is 1. The third-order valence-electron chi connectivity index (χ3n) is 4.44. The van der Waals surface area contributed by atoms with Crippen molar-refractivity contribution >= 4 is 23.2 Å². The summed E-state index contributed by atoms with van der Waals surface area (Å²) in [7, 11) is 0. The fourth-order valence-corrected chi connectivity index (χ4v) is 4.07. The maximum Gasteiger partial charge on any atom is 0.227 e. The fourth-order valence-electron chi connectivity index (χ4n) is 3.19. The molecule has 5 heteroatoms. The summed E-state index contributed by atoms with van der Waals surface area (Å²) in [6.45, 7) is 5.40. The van der Waals surface area contributed by atoms with Crippen molar-refractivity contribution in [1.29, 1.82) is 0 Å². The highest BCUT2D eigenvalue weighted by Gasteiger charge is 2.31. The maximum atomic E-state index is 12.7. The summed E-state index contributed by atoms with van der Waals surface area (Å²) >= 11 is 1.67. The topological polar surface area (TPSA) is 40.6 Å². The van der Waals surface area contributed by atoms with Crippen molar-refractivity contribution < 1.29 is 9.59 Å². The predicted molar refractivity (Wildman–Crippen MR) is 95.9 cm³/mol. The molecular weight excluding hydrogens is 320 g/mol. The van der Waals surface area contributed by atoms with Crippen molar-refractivity contribution in [3.8, 4) is 0 Å². The van der Waals surface area contributed by atoms with Crippen LogP contribution in [0.3, 0.4) is 0 Å². The second kappa shape index (κ2) is 7.18. The minimum Gasteiger partial charge on any atom is -0.338 e. The van der Waals surface area contributed by atoms with Crippen LogP contribution in [0.4, 0.5) is 0 Å². The van der Waals surface area contributed by atoms with Gasteiger partial charge in [0.15, 0.2) is 0 Å². The molecule has 2 amide bonds. The van der Waals surface area contributed by atoms with Crippen molar-refractivity contribution in [2.75, 3.05) is 19.6 Å². The van der Waals surface area contributed by atoms with E-state index in [1.807, 2.05) is 52.3 Å². The van der Waals surface area contributed by atoms with E-state index in [0.717, 1.165) is 10.4 Å². The molecule has 0 spiro atoms. The average molecular weight is 342 g/mol. The van der Waals surface area contributed by atoms with E-state index in [-0.39, 0.29) is 17.9 Å². The van der Waals surface area contributed by atoms with E-state index in [4.69, 9.17) is 0 Å². The van der Waals surface area contributed by atoms with E-state index < -0.39 is 0 Å². The van der Waals surface area contributed by atoms with Crippen molar-refractivity contribution in [3.05, 3.63) is 57.8 Å². The number of carbonyl (C=O) groups is 2. The number of carbonyl (C=O) groups excluding carboxylic acids is 2. The molecule has 2 aromatic rings. The van der Waals surface area contributed by atoms with E-state index in [0.29, 0.717) is 26.1 Å². The van der Waals surface area contributed by atoms with Gasteiger partial charge in [0.2, 0.25) is 11.8 Å². The quantitative estimate of drug-likeness (QED) is 0.860. The lowest BCUT2D eigenvalue weighted by Crippen LogP contribution is -2.52. The van der Waals surface area contributed by atoms with Gasteiger partial charge in [-0.15, -0.1) is 11.3 Å². The molecule has 1 unspecified atom stereocenters. The van der Waals surface area contributed by atoms with Gasteiger partial charge in [0.1, 0.15) is 0 Å². The van der Waals surface area contributed by atoms with Crippen molar-refractivity contribution in [3.63, 3.8) is 0 Å².